The number of halogens is 2. The summed E-state index contributed by atoms with van der Waals surface area (Å²) < 4.78 is 16.3. The lowest BCUT2D eigenvalue weighted by Crippen LogP contribution is -2.50. The van der Waals surface area contributed by atoms with E-state index in [1.54, 1.807) is 36.4 Å². The Morgan fingerprint density at radius 3 is 2.54 bits per heavy atom. The maximum atomic E-state index is 13.9. The van der Waals surface area contributed by atoms with E-state index in [1.807, 2.05) is 48.5 Å². The van der Waals surface area contributed by atoms with E-state index in [-0.39, 0.29) is 24.5 Å². The number of amides is 1. The molecular formula is C35H34Cl2N4O5. The third-order valence-corrected chi connectivity index (χ3v) is 9.61. The van der Waals surface area contributed by atoms with Crippen molar-refractivity contribution in [2.45, 2.75) is 24.5 Å². The first-order valence-corrected chi connectivity index (χ1v) is 16.0. The van der Waals surface area contributed by atoms with Crippen molar-refractivity contribution in [1.82, 2.24) is 14.7 Å². The number of carbonyl (C=O) groups excluding carboxylic acids is 2. The van der Waals surface area contributed by atoms with Gasteiger partial charge in [-0.25, -0.2) is 4.79 Å². The summed E-state index contributed by atoms with van der Waals surface area (Å²) in [5.41, 5.74) is 1.96. The largest absolute Gasteiger partial charge is 0.508 e. The Morgan fingerprint density at radius 1 is 1.04 bits per heavy atom. The van der Waals surface area contributed by atoms with Gasteiger partial charge in [0.2, 0.25) is 0 Å². The first kappa shape index (κ1) is 31.9. The van der Waals surface area contributed by atoms with Crippen LogP contribution in [0, 0.1) is 11.3 Å². The van der Waals surface area contributed by atoms with Gasteiger partial charge in [-0.05, 0) is 65.7 Å². The second-order valence-electron chi connectivity index (χ2n) is 11.8. The number of piperazine rings is 1. The van der Waals surface area contributed by atoms with Gasteiger partial charge in [0.25, 0.3) is 5.91 Å². The van der Waals surface area contributed by atoms with Gasteiger partial charge in [-0.3, -0.25) is 9.69 Å². The minimum absolute atomic E-state index is 0.0157. The van der Waals surface area contributed by atoms with Crippen molar-refractivity contribution in [2.75, 3.05) is 52.9 Å². The van der Waals surface area contributed by atoms with E-state index >= 15 is 0 Å². The highest BCUT2D eigenvalue weighted by Crippen LogP contribution is 2.33. The molecule has 2 aliphatic rings. The zero-order valence-corrected chi connectivity index (χ0v) is 26.9. The van der Waals surface area contributed by atoms with Gasteiger partial charge in [0.15, 0.2) is 6.10 Å². The summed E-state index contributed by atoms with van der Waals surface area (Å²) in [6.45, 7) is 4.60. The molecule has 46 heavy (non-hydrogen) atoms. The Kier molecular flexibility index (Phi) is 9.81. The number of fused-ring (bicyclic) bond motifs is 1. The third-order valence-electron chi connectivity index (χ3n) is 8.87. The van der Waals surface area contributed by atoms with Crippen molar-refractivity contribution in [3.05, 3.63) is 105 Å². The normalized spacial score (nSPS) is 18.5. The van der Waals surface area contributed by atoms with Crippen LogP contribution < -0.4 is 0 Å². The van der Waals surface area contributed by atoms with Crippen LogP contribution in [0.4, 0.5) is 4.79 Å². The predicted molar refractivity (Wildman–Crippen MR) is 175 cm³/mol. The Labute approximate surface area is 277 Å². The van der Waals surface area contributed by atoms with Crippen LogP contribution in [0.3, 0.4) is 0 Å². The molecule has 0 N–H and O–H groups in total. The molecular weight excluding hydrogens is 627 g/mol. The summed E-state index contributed by atoms with van der Waals surface area (Å²) in [6.07, 6.45) is 1.33. The van der Waals surface area contributed by atoms with E-state index in [2.05, 4.69) is 15.9 Å². The lowest BCUT2D eigenvalue weighted by Gasteiger charge is -2.40. The molecule has 1 aromatic heterocycles. The van der Waals surface area contributed by atoms with Crippen LogP contribution in [0.25, 0.3) is 10.8 Å². The van der Waals surface area contributed by atoms with E-state index in [9.17, 15) is 14.9 Å². The fourth-order valence-electron chi connectivity index (χ4n) is 6.46. The third kappa shape index (κ3) is 7.01. The number of likely N-dealkylation sites (N-methyl/N-ethyl adjacent to an activating group) is 1. The molecule has 3 heterocycles. The van der Waals surface area contributed by atoms with E-state index in [4.69, 9.17) is 37.1 Å². The molecule has 238 valence electrons. The molecule has 0 radical (unpaired) electrons. The standard InChI is InChI=1S/C35H34Cl2N4O5/c1-39(34(42)28-18-23(20-38)17-25-5-2-3-6-27(25)28)21-26(24-8-9-29(36)30(37)19-24)10-11-40-12-14-41(15-13-40)33(31-7-4-16-44-31)32-22-45-35(43)46-32/h2-9,16-19,26,32-33H,10-15,21-22H2,1H3/t26-,32-,33+/m1/s1. The minimum atomic E-state index is -0.650. The van der Waals surface area contributed by atoms with Crippen molar-refractivity contribution in [2.24, 2.45) is 0 Å². The average Bonchev–Trinajstić information content (AvgIpc) is 3.76. The zero-order chi connectivity index (χ0) is 32.2. The fraction of sp³-hybridized carbons (Fsp3) is 0.343. The van der Waals surface area contributed by atoms with Gasteiger partial charge in [0.05, 0.1) is 27.9 Å². The molecule has 4 aromatic rings. The molecule has 0 bridgehead atoms. The lowest BCUT2D eigenvalue weighted by atomic mass is 9.94. The highest BCUT2D eigenvalue weighted by molar-refractivity contribution is 6.42. The molecule has 0 spiro atoms. The highest BCUT2D eigenvalue weighted by atomic mass is 35.5. The summed E-state index contributed by atoms with van der Waals surface area (Å²) in [5.74, 6) is 0.586. The van der Waals surface area contributed by atoms with Crippen molar-refractivity contribution >= 4 is 46.0 Å². The maximum Gasteiger partial charge on any atom is 0.508 e. The summed E-state index contributed by atoms with van der Waals surface area (Å²) in [4.78, 5) is 32.0. The van der Waals surface area contributed by atoms with Crippen LogP contribution in [-0.4, -0.2) is 85.8 Å². The average molecular weight is 662 g/mol. The molecule has 11 heteroatoms. The van der Waals surface area contributed by atoms with Crippen molar-refractivity contribution in [3.8, 4) is 6.07 Å². The molecule has 1 amide bonds. The van der Waals surface area contributed by atoms with Gasteiger partial charge in [-0.2, -0.15) is 5.26 Å². The van der Waals surface area contributed by atoms with Crippen LogP contribution in [0.2, 0.25) is 10.0 Å². The van der Waals surface area contributed by atoms with E-state index in [0.29, 0.717) is 27.7 Å². The van der Waals surface area contributed by atoms with Gasteiger partial charge in [0, 0.05) is 51.3 Å². The predicted octanol–water partition coefficient (Wildman–Crippen LogP) is 6.75. The number of nitriles is 1. The molecule has 6 rings (SSSR count). The van der Waals surface area contributed by atoms with Crippen LogP contribution in [-0.2, 0) is 9.47 Å². The number of furan rings is 1. The van der Waals surface area contributed by atoms with Gasteiger partial charge in [0.1, 0.15) is 18.4 Å². The van der Waals surface area contributed by atoms with Crippen molar-refractivity contribution in [3.63, 3.8) is 0 Å². The number of carbonyl (C=O) groups is 2. The second kappa shape index (κ2) is 14.1. The van der Waals surface area contributed by atoms with E-state index in [0.717, 1.165) is 61.2 Å². The molecule has 3 aromatic carbocycles. The first-order valence-electron chi connectivity index (χ1n) is 15.3. The highest BCUT2D eigenvalue weighted by Gasteiger charge is 2.40. The van der Waals surface area contributed by atoms with Gasteiger partial charge in [-0.1, -0.05) is 53.5 Å². The number of hydrogen-bond donors (Lipinski definition) is 0. The number of benzene rings is 3. The Hall–Kier alpha value is -4.07. The molecule has 0 unspecified atom stereocenters. The summed E-state index contributed by atoms with van der Waals surface area (Å²) >= 11 is 12.7. The summed E-state index contributed by atoms with van der Waals surface area (Å²) in [5, 5.41) is 12.2. The van der Waals surface area contributed by atoms with Crippen LogP contribution in [0.5, 0.6) is 0 Å². The van der Waals surface area contributed by atoms with Crippen molar-refractivity contribution < 1.29 is 23.5 Å². The Bertz CT molecular complexity index is 1750. The van der Waals surface area contributed by atoms with E-state index < -0.39 is 12.3 Å². The van der Waals surface area contributed by atoms with Crippen molar-refractivity contribution in [1.29, 1.82) is 5.26 Å². The topological polar surface area (TPSA) is 99.2 Å². The Morgan fingerprint density at radius 2 is 1.85 bits per heavy atom. The zero-order valence-electron chi connectivity index (χ0n) is 25.4. The number of ether oxygens (including phenoxy) is 2. The second-order valence-corrected chi connectivity index (χ2v) is 12.6. The number of cyclic esters (lactones) is 2. The van der Waals surface area contributed by atoms with Crippen LogP contribution >= 0.6 is 23.2 Å². The SMILES string of the molecule is CN(C[C@@H](CCN1CCN([C@@H](c2ccco2)[C@H]2COC(=O)O2)CC1)c1ccc(Cl)c(Cl)c1)C(=O)c1cc(C#N)cc2ccccc12. The van der Waals surface area contributed by atoms with Gasteiger partial charge in [-0.15, -0.1) is 0 Å². The fourth-order valence-corrected chi connectivity index (χ4v) is 6.77. The van der Waals surface area contributed by atoms with Gasteiger partial charge < -0.3 is 23.7 Å². The molecule has 3 atom stereocenters. The number of rotatable bonds is 10. The Balaban J connectivity index is 1.15. The molecule has 2 aliphatic heterocycles. The number of hydrogen-bond acceptors (Lipinski definition) is 8. The van der Waals surface area contributed by atoms with Gasteiger partial charge >= 0.3 is 6.16 Å². The van der Waals surface area contributed by atoms with E-state index in [1.165, 1.54) is 0 Å². The molecule has 2 saturated heterocycles. The molecule has 2 fully saturated rings. The monoisotopic (exact) mass is 660 g/mol. The first-order chi connectivity index (χ1) is 22.3. The lowest BCUT2D eigenvalue weighted by molar-refractivity contribution is 0.0175. The smallest absolute Gasteiger partial charge is 0.468 e. The van der Waals surface area contributed by atoms with Crippen LogP contribution in [0.1, 0.15) is 45.6 Å². The summed E-state index contributed by atoms with van der Waals surface area (Å²) in [7, 11) is 1.80. The molecule has 0 aliphatic carbocycles. The quantitative estimate of drug-likeness (QED) is 0.172. The molecule has 9 nitrogen and oxygen atoms in total. The molecule has 0 saturated carbocycles. The number of nitrogens with zero attached hydrogens (tertiary/aromatic N) is 4. The summed E-state index contributed by atoms with van der Waals surface area (Å²) in [6, 6.07) is 22.4. The van der Waals surface area contributed by atoms with Crippen LogP contribution in [0.15, 0.2) is 77.4 Å². The maximum absolute atomic E-state index is 13.9. The minimum Gasteiger partial charge on any atom is -0.468 e.